The zero-order valence-electron chi connectivity index (χ0n) is 19.5. The minimum Gasteiger partial charge on any atom is -0.506 e. The van der Waals surface area contributed by atoms with Crippen molar-refractivity contribution in [1.82, 2.24) is 14.9 Å². The summed E-state index contributed by atoms with van der Waals surface area (Å²) in [5.74, 6) is 1.22. The van der Waals surface area contributed by atoms with Gasteiger partial charge in [0.25, 0.3) is 0 Å². The number of aromatic hydroxyl groups is 1. The maximum Gasteiger partial charge on any atom is 0.407 e. The van der Waals surface area contributed by atoms with Crippen molar-refractivity contribution in [3.63, 3.8) is 0 Å². The number of nitrogens with zero attached hydrogens (tertiary/aromatic N) is 3. The van der Waals surface area contributed by atoms with Crippen LogP contribution in [0.2, 0.25) is 5.02 Å². The van der Waals surface area contributed by atoms with Crippen molar-refractivity contribution in [2.24, 2.45) is 11.3 Å². The number of rotatable bonds is 5. The number of aromatic nitrogens is 2. The number of hydrogen-bond acceptors (Lipinski definition) is 6. The molecule has 1 saturated heterocycles. The molecule has 34 heavy (non-hydrogen) atoms. The van der Waals surface area contributed by atoms with Crippen LogP contribution in [0.3, 0.4) is 0 Å². The van der Waals surface area contributed by atoms with Crippen LogP contribution in [0.4, 0.5) is 16.3 Å². The molecule has 2 heterocycles. The Kier molecular flexibility index (Phi) is 6.70. The van der Waals surface area contributed by atoms with Crippen molar-refractivity contribution in [1.29, 1.82) is 0 Å². The van der Waals surface area contributed by atoms with Crippen molar-refractivity contribution in [2.75, 3.05) is 18.5 Å². The number of halogens is 1. The first kappa shape index (κ1) is 23.9. The number of carbonyl (C=O) groups is 1. The highest BCUT2D eigenvalue weighted by molar-refractivity contribution is 6.32. The van der Waals surface area contributed by atoms with Crippen LogP contribution in [-0.4, -0.2) is 50.4 Å². The Hall–Kier alpha value is -3.26. The van der Waals surface area contributed by atoms with E-state index in [0.29, 0.717) is 41.3 Å². The second-order valence-electron chi connectivity index (χ2n) is 9.66. The third kappa shape index (κ3) is 4.97. The molecule has 1 aliphatic rings. The summed E-state index contributed by atoms with van der Waals surface area (Å²) < 4.78 is 6.33. The Labute approximate surface area is 203 Å². The van der Waals surface area contributed by atoms with Crippen molar-refractivity contribution in [3.8, 4) is 11.5 Å². The minimum atomic E-state index is -0.887. The Bertz CT molecular complexity index is 1190. The Morgan fingerprint density at radius 3 is 2.76 bits per heavy atom. The van der Waals surface area contributed by atoms with E-state index in [2.05, 4.69) is 36.1 Å². The van der Waals surface area contributed by atoms with Gasteiger partial charge in [0.2, 0.25) is 0 Å². The van der Waals surface area contributed by atoms with Gasteiger partial charge in [-0.25, -0.2) is 14.8 Å². The molecule has 2 atom stereocenters. The van der Waals surface area contributed by atoms with Gasteiger partial charge in [-0.3, -0.25) is 0 Å². The van der Waals surface area contributed by atoms with E-state index < -0.39 is 6.09 Å². The minimum absolute atomic E-state index is 0.0000683. The number of carboxylic acid groups (broad SMARTS) is 1. The third-order valence-corrected chi connectivity index (χ3v) is 6.48. The smallest absolute Gasteiger partial charge is 0.407 e. The van der Waals surface area contributed by atoms with E-state index in [-0.39, 0.29) is 28.1 Å². The number of amides is 1. The highest BCUT2D eigenvalue weighted by Gasteiger charge is 2.42. The lowest BCUT2D eigenvalue weighted by Crippen LogP contribution is -2.55. The summed E-state index contributed by atoms with van der Waals surface area (Å²) in [5, 5.41) is 23.7. The van der Waals surface area contributed by atoms with Crippen molar-refractivity contribution in [3.05, 3.63) is 47.7 Å². The molecule has 1 aromatic heterocycles. The number of piperidine rings is 1. The van der Waals surface area contributed by atoms with E-state index in [0.717, 1.165) is 12.8 Å². The summed E-state index contributed by atoms with van der Waals surface area (Å²) in [4.78, 5) is 22.2. The van der Waals surface area contributed by atoms with Crippen LogP contribution in [0.25, 0.3) is 10.9 Å². The van der Waals surface area contributed by atoms with E-state index in [9.17, 15) is 15.0 Å². The average Bonchev–Trinajstić information content (AvgIpc) is 2.79. The van der Waals surface area contributed by atoms with Crippen LogP contribution in [0.15, 0.2) is 42.7 Å². The molecule has 3 aromatic rings. The molecule has 0 aliphatic carbocycles. The first-order chi connectivity index (χ1) is 16.1. The monoisotopic (exact) mass is 484 g/mol. The van der Waals surface area contributed by atoms with Gasteiger partial charge in [0.1, 0.15) is 23.6 Å². The molecule has 4 rings (SSSR count). The first-order valence-corrected chi connectivity index (χ1v) is 11.6. The lowest BCUT2D eigenvalue weighted by Gasteiger charge is -2.46. The van der Waals surface area contributed by atoms with Gasteiger partial charge in [-0.2, -0.15) is 0 Å². The van der Waals surface area contributed by atoms with Gasteiger partial charge in [0.15, 0.2) is 0 Å². The number of hydrogen-bond donors (Lipinski definition) is 3. The zero-order valence-corrected chi connectivity index (χ0v) is 20.2. The number of phenols is 1. The Morgan fingerprint density at radius 1 is 1.26 bits per heavy atom. The van der Waals surface area contributed by atoms with Crippen LogP contribution in [-0.2, 0) is 0 Å². The predicted octanol–water partition coefficient (Wildman–Crippen LogP) is 5.92. The van der Waals surface area contributed by atoms with Crippen LogP contribution >= 0.6 is 11.6 Å². The second-order valence-corrected chi connectivity index (χ2v) is 10.1. The standard InChI is InChI=1S/C25H29ClN4O4/c1-25(2,3)22-15(6-5-11-30(22)24(32)33)13-34-20-8-4-7-18-21(20)23(28-14-27-18)29-16-9-10-19(31)17(26)12-16/h4,7-10,12,14-15,22,31H,5-6,11,13H2,1-3H3,(H,32,33)(H,27,28,29)/t15-,22?/m0/s1. The number of likely N-dealkylation sites (tertiary alicyclic amines) is 1. The molecular weight excluding hydrogens is 456 g/mol. The molecule has 3 N–H and O–H groups in total. The molecule has 8 nitrogen and oxygen atoms in total. The maximum absolute atomic E-state index is 11.9. The Morgan fingerprint density at radius 2 is 2.06 bits per heavy atom. The lowest BCUT2D eigenvalue weighted by atomic mass is 9.74. The summed E-state index contributed by atoms with van der Waals surface area (Å²) >= 11 is 6.06. The summed E-state index contributed by atoms with van der Waals surface area (Å²) in [5.41, 5.74) is 1.15. The summed E-state index contributed by atoms with van der Waals surface area (Å²) in [7, 11) is 0. The van der Waals surface area contributed by atoms with Crippen LogP contribution in [0.5, 0.6) is 11.5 Å². The highest BCUT2D eigenvalue weighted by Crippen LogP contribution is 2.38. The van der Waals surface area contributed by atoms with Crippen molar-refractivity contribution >= 4 is 40.1 Å². The van der Waals surface area contributed by atoms with Gasteiger partial charge < -0.3 is 25.2 Å². The van der Waals surface area contributed by atoms with E-state index in [4.69, 9.17) is 16.3 Å². The number of benzene rings is 2. The van der Waals surface area contributed by atoms with Crippen molar-refractivity contribution < 1.29 is 19.7 Å². The number of ether oxygens (including phenoxy) is 1. The molecule has 1 aliphatic heterocycles. The fourth-order valence-corrected chi connectivity index (χ4v) is 5.03. The maximum atomic E-state index is 11.9. The molecule has 0 radical (unpaired) electrons. The predicted molar refractivity (Wildman–Crippen MR) is 132 cm³/mol. The number of phenolic OH excluding ortho intramolecular Hbond substituents is 1. The first-order valence-electron chi connectivity index (χ1n) is 11.3. The molecule has 0 bridgehead atoms. The van der Waals surface area contributed by atoms with Crippen LogP contribution in [0.1, 0.15) is 33.6 Å². The van der Waals surface area contributed by atoms with Gasteiger partial charge in [0.05, 0.1) is 22.5 Å². The SMILES string of the molecule is CC(C)(C)C1[C@H](COc2cccc3ncnc(Nc4ccc(O)c(Cl)c4)c23)CCCN1C(=O)O. The van der Waals surface area contributed by atoms with Crippen LogP contribution < -0.4 is 10.1 Å². The summed E-state index contributed by atoms with van der Waals surface area (Å²) in [6.07, 6.45) is 2.28. The summed E-state index contributed by atoms with van der Waals surface area (Å²) in [6, 6.07) is 10.3. The van der Waals surface area contributed by atoms with Crippen molar-refractivity contribution in [2.45, 2.75) is 39.7 Å². The van der Waals surface area contributed by atoms with Crippen LogP contribution in [0, 0.1) is 11.3 Å². The number of fused-ring (bicyclic) bond motifs is 1. The van der Waals surface area contributed by atoms with Gasteiger partial charge in [-0.1, -0.05) is 38.4 Å². The van der Waals surface area contributed by atoms with E-state index in [1.807, 2.05) is 18.2 Å². The number of nitrogens with one attached hydrogen (secondary N) is 1. The molecule has 1 fully saturated rings. The second kappa shape index (κ2) is 9.54. The molecule has 0 saturated carbocycles. The average molecular weight is 485 g/mol. The highest BCUT2D eigenvalue weighted by atomic mass is 35.5. The molecule has 0 spiro atoms. The van der Waals surface area contributed by atoms with Gasteiger partial charge >= 0.3 is 6.09 Å². The van der Waals surface area contributed by atoms with E-state index >= 15 is 0 Å². The molecule has 180 valence electrons. The fourth-order valence-electron chi connectivity index (χ4n) is 4.85. The fraction of sp³-hybridized carbons (Fsp3) is 0.400. The molecular formula is C25H29ClN4O4. The third-order valence-electron chi connectivity index (χ3n) is 6.18. The van der Waals surface area contributed by atoms with E-state index in [1.165, 1.54) is 12.4 Å². The van der Waals surface area contributed by atoms with Gasteiger partial charge in [0, 0.05) is 24.2 Å². The normalized spacial score (nSPS) is 18.6. The van der Waals surface area contributed by atoms with Gasteiger partial charge in [-0.15, -0.1) is 0 Å². The Balaban J connectivity index is 1.63. The lowest BCUT2D eigenvalue weighted by molar-refractivity contribution is 0.00696. The molecule has 1 unspecified atom stereocenters. The van der Waals surface area contributed by atoms with Gasteiger partial charge in [-0.05, 0) is 48.6 Å². The molecule has 2 aromatic carbocycles. The molecule has 9 heteroatoms. The topological polar surface area (TPSA) is 108 Å². The number of anilines is 2. The largest absolute Gasteiger partial charge is 0.506 e. The quantitative estimate of drug-likeness (QED) is 0.386. The molecule has 1 amide bonds. The van der Waals surface area contributed by atoms with E-state index in [1.54, 1.807) is 17.0 Å². The zero-order chi connectivity index (χ0) is 24.5. The summed E-state index contributed by atoms with van der Waals surface area (Å²) in [6.45, 7) is 7.14.